The third kappa shape index (κ3) is 3.77. The number of carbonyl (C=O) groups excluding carboxylic acids is 2. The molecule has 0 amide bonds. The summed E-state index contributed by atoms with van der Waals surface area (Å²) in [6, 6.07) is 24.3. The lowest BCUT2D eigenvalue weighted by atomic mass is 10.1. The molecule has 3 aromatic carbocycles. The highest BCUT2D eigenvalue weighted by Gasteiger charge is 2.15. The Balaban J connectivity index is 1.33. The van der Waals surface area contributed by atoms with Crippen molar-refractivity contribution in [3.8, 4) is 11.5 Å². The molecule has 0 aliphatic carbocycles. The van der Waals surface area contributed by atoms with Crippen LogP contribution in [-0.4, -0.2) is 21.9 Å². The van der Waals surface area contributed by atoms with Crippen LogP contribution in [0.1, 0.15) is 20.7 Å². The monoisotopic (exact) mass is 420 g/mol. The van der Waals surface area contributed by atoms with E-state index < -0.39 is 11.9 Å². The molecule has 6 heteroatoms. The van der Waals surface area contributed by atoms with Gasteiger partial charge in [-0.1, -0.05) is 36.4 Å². The van der Waals surface area contributed by atoms with Gasteiger partial charge in [-0.3, -0.25) is 9.97 Å². The molecule has 2 heterocycles. The van der Waals surface area contributed by atoms with E-state index in [1.807, 2.05) is 36.4 Å². The van der Waals surface area contributed by atoms with Crippen LogP contribution in [0.2, 0.25) is 0 Å². The number of benzene rings is 3. The highest BCUT2D eigenvalue weighted by Crippen LogP contribution is 2.25. The first-order valence-electron chi connectivity index (χ1n) is 9.91. The smallest absolute Gasteiger partial charge is 0.343 e. The Bertz CT molecular complexity index is 1340. The van der Waals surface area contributed by atoms with E-state index >= 15 is 0 Å². The topological polar surface area (TPSA) is 78.4 Å². The van der Waals surface area contributed by atoms with Gasteiger partial charge in [-0.15, -0.1) is 0 Å². The molecule has 0 aliphatic rings. The Morgan fingerprint density at radius 2 is 0.938 bits per heavy atom. The molecule has 0 fully saturated rings. The van der Waals surface area contributed by atoms with Crippen molar-refractivity contribution in [3.05, 3.63) is 108 Å². The minimum absolute atomic E-state index is 0.307. The van der Waals surface area contributed by atoms with Gasteiger partial charge in [0, 0.05) is 23.2 Å². The zero-order valence-electron chi connectivity index (χ0n) is 16.8. The Kier molecular flexibility index (Phi) is 5.01. The molecule has 5 rings (SSSR count). The largest absolute Gasteiger partial charge is 0.421 e. The average molecular weight is 420 g/mol. The number of nitrogens with zero attached hydrogens (tertiary/aromatic N) is 2. The van der Waals surface area contributed by atoms with Crippen LogP contribution in [0.4, 0.5) is 0 Å². The van der Waals surface area contributed by atoms with E-state index in [4.69, 9.17) is 9.47 Å². The molecule has 0 N–H and O–H groups in total. The maximum Gasteiger partial charge on any atom is 0.343 e. The van der Waals surface area contributed by atoms with Gasteiger partial charge in [-0.25, -0.2) is 9.59 Å². The zero-order valence-corrected chi connectivity index (χ0v) is 16.8. The second-order valence-corrected chi connectivity index (χ2v) is 7.02. The predicted molar refractivity (Wildman–Crippen MR) is 120 cm³/mol. The van der Waals surface area contributed by atoms with Crippen molar-refractivity contribution in [1.29, 1.82) is 0 Å². The van der Waals surface area contributed by atoms with Crippen LogP contribution >= 0.6 is 0 Å². The van der Waals surface area contributed by atoms with Gasteiger partial charge in [0.15, 0.2) is 11.5 Å². The van der Waals surface area contributed by atoms with Crippen LogP contribution < -0.4 is 9.47 Å². The minimum atomic E-state index is -0.540. The summed E-state index contributed by atoms with van der Waals surface area (Å²) in [7, 11) is 0. The second-order valence-electron chi connectivity index (χ2n) is 7.02. The number of rotatable bonds is 4. The van der Waals surface area contributed by atoms with Crippen molar-refractivity contribution in [2.45, 2.75) is 0 Å². The Labute approximate surface area is 183 Å². The molecule has 0 unspecified atom stereocenters. The fourth-order valence-corrected chi connectivity index (χ4v) is 3.38. The average Bonchev–Trinajstić information content (AvgIpc) is 2.84. The van der Waals surface area contributed by atoms with E-state index in [1.165, 1.54) is 24.3 Å². The quantitative estimate of drug-likeness (QED) is 0.293. The van der Waals surface area contributed by atoms with Crippen LogP contribution in [0.15, 0.2) is 97.3 Å². The number of ether oxygens (including phenoxy) is 2. The highest BCUT2D eigenvalue weighted by molar-refractivity contribution is 5.97. The van der Waals surface area contributed by atoms with Gasteiger partial charge in [0.1, 0.15) is 11.0 Å². The summed E-state index contributed by atoms with van der Waals surface area (Å²) in [4.78, 5) is 33.8. The number of hydrogen-bond acceptors (Lipinski definition) is 6. The number of esters is 2. The Morgan fingerprint density at radius 1 is 0.531 bits per heavy atom. The predicted octanol–water partition coefficient (Wildman–Crippen LogP) is 5.22. The molecule has 0 aliphatic heterocycles. The fraction of sp³-hybridized carbons (Fsp3) is 0. The lowest BCUT2D eigenvalue weighted by Crippen LogP contribution is -2.11. The van der Waals surface area contributed by atoms with Crippen molar-refractivity contribution >= 4 is 33.7 Å². The zero-order chi connectivity index (χ0) is 21.9. The van der Waals surface area contributed by atoms with Gasteiger partial charge in [-0.2, -0.15) is 0 Å². The number of aromatic nitrogens is 2. The van der Waals surface area contributed by atoms with Crippen LogP contribution in [0.3, 0.4) is 0 Å². The number of hydrogen-bond donors (Lipinski definition) is 0. The van der Waals surface area contributed by atoms with Crippen LogP contribution in [0.5, 0.6) is 11.5 Å². The first-order valence-corrected chi connectivity index (χ1v) is 9.91. The number of carbonyl (C=O) groups is 2. The lowest BCUT2D eigenvalue weighted by Gasteiger charge is -2.08. The molecule has 0 bridgehead atoms. The van der Waals surface area contributed by atoms with Crippen molar-refractivity contribution in [1.82, 2.24) is 9.97 Å². The summed E-state index contributed by atoms with van der Waals surface area (Å²) < 4.78 is 11.1. The molecular weight excluding hydrogens is 404 g/mol. The molecule has 0 saturated heterocycles. The van der Waals surface area contributed by atoms with Crippen LogP contribution in [0, 0.1) is 0 Å². The van der Waals surface area contributed by atoms with Gasteiger partial charge in [-0.05, 0) is 48.5 Å². The summed E-state index contributed by atoms with van der Waals surface area (Å²) >= 11 is 0. The van der Waals surface area contributed by atoms with E-state index in [1.54, 1.807) is 36.7 Å². The fourth-order valence-electron chi connectivity index (χ4n) is 3.38. The minimum Gasteiger partial charge on any atom is -0.421 e. The summed E-state index contributed by atoms with van der Waals surface area (Å²) in [5.41, 5.74) is 1.82. The first-order chi connectivity index (χ1) is 15.7. The number of pyridine rings is 2. The van der Waals surface area contributed by atoms with E-state index in [-0.39, 0.29) is 0 Å². The standard InChI is InChI=1S/C26H16N2O4/c29-25(31-21-9-1-5-17-7-3-15-27-23(17)21)19-11-13-20(14-12-19)26(30)32-22-10-2-6-18-8-4-16-28-24(18)22/h1-16H. The summed E-state index contributed by atoms with van der Waals surface area (Å²) in [6.45, 7) is 0. The molecule has 0 saturated carbocycles. The van der Waals surface area contributed by atoms with Gasteiger partial charge >= 0.3 is 11.9 Å². The van der Waals surface area contributed by atoms with E-state index in [0.29, 0.717) is 33.7 Å². The van der Waals surface area contributed by atoms with Crippen molar-refractivity contribution < 1.29 is 19.1 Å². The summed E-state index contributed by atoms with van der Waals surface area (Å²) in [5, 5.41) is 1.75. The molecule has 6 nitrogen and oxygen atoms in total. The normalized spacial score (nSPS) is 10.8. The first kappa shape index (κ1) is 19.4. The van der Waals surface area contributed by atoms with Gasteiger partial charge in [0.25, 0.3) is 0 Å². The third-order valence-electron chi connectivity index (χ3n) is 4.95. The summed E-state index contributed by atoms with van der Waals surface area (Å²) in [5.74, 6) is -0.331. The maximum absolute atomic E-state index is 12.6. The van der Waals surface area contributed by atoms with Crippen LogP contribution in [-0.2, 0) is 0 Å². The maximum atomic E-state index is 12.6. The van der Waals surface area contributed by atoms with Gasteiger partial charge in [0.05, 0.1) is 11.1 Å². The number of para-hydroxylation sites is 2. The molecule has 154 valence electrons. The lowest BCUT2D eigenvalue weighted by molar-refractivity contribution is 0.0722. The van der Waals surface area contributed by atoms with E-state index in [2.05, 4.69) is 9.97 Å². The highest BCUT2D eigenvalue weighted by atomic mass is 16.5. The van der Waals surface area contributed by atoms with Gasteiger partial charge in [0.2, 0.25) is 0 Å². The third-order valence-corrected chi connectivity index (χ3v) is 4.95. The molecule has 5 aromatic rings. The molecule has 2 aromatic heterocycles. The molecule has 0 radical (unpaired) electrons. The molecule has 0 atom stereocenters. The van der Waals surface area contributed by atoms with E-state index in [9.17, 15) is 9.59 Å². The molecular formula is C26H16N2O4. The van der Waals surface area contributed by atoms with Crippen molar-refractivity contribution in [2.75, 3.05) is 0 Å². The molecule has 0 spiro atoms. The molecule has 32 heavy (non-hydrogen) atoms. The van der Waals surface area contributed by atoms with Gasteiger partial charge < -0.3 is 9.47 Å². The number of fused-ring (bicyclic) bond motifs is 2. The second kappa shape index (κ2) is 8.28. The summed E-state index contributed by atoms with van der Waals surface area (Å²) in [6.07, 6.45) is 3.29. The van der Waals surface area contributed by atoms with Crippen LogP contribution in [0.25, 0.3) is 21.8 Å². The van der Waals surface area contributed by atoms with Crippen molar-refractivity contribution in [3.63, 3.8) is 0 Å². The Morgan fingerprint density at radius 3 is 1.38 bits per heavy atom. The SMILES string of the molecule is O=C(Oc1cccc2cccnc12)c1ccc(C(=O)Oc2cccc3cccnc23)cc1. The van der Waals surface area contributed by atoms with Crippen molar-refractivity contribution in [2.24, 2.45) is 0 Å². The van der Waals surface area contributed by atoms with E-state index in [0.717, 1.165) is 10.8 Å². The Hall–Kier alpha value is -4.58.